The smallest absolute Gasteiger partial charge is 0.227 e. The summed E-state index contributed by atoms with van der Waals surface area (Å²) < 4.78 is 0. The Hall–Kier alpha value is -2.35. The van der Waals surface area contributed by atoms with E-state index in [1.165, 1.54) is 0 Å². The maximum absolute atomic E-state index is 13.6. The Morgan fingerprint density at radius 2 is 2.23 bits per heavy atom. The van der Waals surface area contributed by atoms with E-state index >= 15 is 0 Å². The van der Waals surface area contributed by atoms with Crippen LogP contribution in [-0.4, -0.2) is 54.6 Å². The van der Waals surface area contributed by atoms with Gasteiger partial charge in [-0.25, -0.2) is 4.98 Å². The molecule has 8 heteroatoms. The van der Waals surface area contributed by atoms with Crippen molar-refractivity contribution in [2.75, 3.05) is 6.54 Å². The Morgan fingerprint density at radius 3 is 2.93 bits per heavy atom. The number of hydrogen-bond donors (Lipinski definition) is 2. The van der Waals surface area contributed by atoms with Crippen molar-refractivity contribution >= 4 is 5.91 Å². The Kier molecular flexibility index (Phi) is 6.13. The topological polar surface area (TPSA) is 99.7 Å². The highest BCUT2D eigenvalue weighted by Crippen LogP contribution is 2.53. The zero-order chi connectivity index (χ0) is 21.1. The summed E-state index contributed by atoms with van der Waals surface area (Å²) in [6.07, 6.45) is 11.0. The van der Waals surface area contributed by atoms with Crippen molar-refractivity contribution < 1.29 is 4.79 Å². The molecule has 2 N–H and O–H groups in total. The standard InChI is InChI=1S/C22H33N7O/c1-15(2)6-8-22(21(30)25-9-7-17-13-23-10-11-24-17)12-18-4-5-19(22)29(18)14-20-26-16(3)27-28-20/h10-11,13,15,18-19H,4-9,12,14H2,1-3H3,(H,25,30)(H,26,27,28)/t18-,19+,22+/m1/s1. The van der Waals surface area contributed by atoms with Crippen LogP contribution in [0.15, 0.2) is 18.6 Å². The van der Waals surface area contributed by atoms with Crippen LogP contribution in [0.1, 0.15) is 63.3 Å². The number of hydrogen-bond acceptors (Lipinski definition) is 6. The summed E-state index contributed by atoms with van der Waals surface area (Å²) in [7, 11) is 0. The van der Waals surface area contributed by atoms with Crippen LogP contribution in [0.2, 0.25) is 0 Å². The number of aromatic amines is 1. The van der Waals surface area contributed by atoms with E-state index in [4.69, 9.17) is 0 Å². The van der Waals surface area contributed by atoms with E-state index in [-0.39, 0.29) is 17.4 Å². The van der Waals surface area contributed by atoms with Crippen LogP contribution in [0.5, 0.6) is 0 Å². The third-order valence-corrected chi connectivity index (χ3v) is 6.75. The molecular formula is C22H33N7O. The van der Waals surface area contributed by atoms with Crippen molar-refractivity contribution in [1.29, 1.82) is 0 Å². The third kappa shape index (κ3) is 4.24. The van der Waals surface area contributed by atoms with Gasteiger partial charge >= 0.3 is 0 Å². The van der Waals surface area contributed by atoms with E-state index in [1.54, 1.807) is 18.6 Å². The lowest BCUT2D eigenvalue weighted by atomic mass is 9.69. The van der Waals surface area contributed by atoms with E-state index < -0.39 is 0 Å². The summed E-state index contributed by atoms with van der Waals surface area (Å²) in [5.41, 5.74) is 0.588. The quantitative estimate of drug-likeness (QED) is 0.657. The molecule has 162 valence electrons. The van der Waals surface area contributed by atoms with Crippen LogP contribution in [0.4, 0.5) is 0 Å². The maximum Gasteiger partial charge on any atom is 0.227 e. The number of amides is 1. The molecule has 8 nitrogen and oxygen atoms in total. The predicted molar refractivity (Wildman–Crippen MR) is 113 cm³/mol. The Labute approximate surface area is 178 Å². The van der Waals surface area contributed by atoms with E-state index in [0.29, 0.717) is 24.9 Å². The van der Waals surface area contributed by atoms with E-state index in [2.05, 4.69) is 49.2 Å². The Balaban J connectivity index is 1.47. The lowest BCUT2D eigenvalue weighted by molar-refractivity contribution is -0.133. The highest BCUT2D eigenvalue weighted by atomic mass is 16.2. The van der Waals surface area contributed by atoms with E-state index in [0.717, 1.165) is 56.0 Å². The van der Waals surface area contributed by atoms with Gasteiger partial charge in [-0.1, -0.05) is 13.8 Å². The average Bonchev–Trinajstić information content (AvgIpc) is 3.41. The number of rotatable bonds is 9. The van der Waals surface area contributed by atoms with Gasteiger partial charge in [0.15, 0.2) is 5.82 Å². The van der Waals surface area contributed by atoms with Gasteiger partial charge in [0.25, 0.3) is 0 Å². The average molecular weight is 412 g/mol. The molecule has 2 aromatic rings. The molecule has 0 aromatic carbocycles. The summed E-state index contributed by atoms with van der Waals surface area (Å²) in [5.74, 6) is 2.45. The lowest BCUT2D eigenvalue weighted by Gasteiger charge is -2.37. The molecule has 0 radical (unpaired) electrons. The molecular weight excluding hydrogens is 378 g/mol. The molecule has 2 saturated heterocycles. The fourth-order valence-corrected chi connectivity index (χ4v) is 5.28. The van der Waals surface area contributed by atoms with Crippen LogP contribution in [-0.2, 0) is 17.8 Å². The molecule has 2 aliphatic rings. The molecule has 30 heavy (non-hydrogen) atoms. The fraction of sp³-hybridized carbons (Fsp3) is 0.682. The van der Waals surface area contributed by atoms with Crippen molar-refractivity contribution in [2.24, 2.45) is 11.3 Å². The number of nitrogens with zero attached hydrogens (tertiary/aromatic N) is 5. The van der Waals surface area contributed by atoms with Crippen LogP contribution >= 0.6 is 0 Å². The first kappa shape index (κ1) is 20.9. The largest absolute Gasteiger partial charge is 0.355 e. The second kappa shape index (κ2) is 8.79. The number of H-pyrrole nitrogens is 1. The Bertz CT molecular complexity index is 852. The fourth-order valence-electron chi connectivity index (χ4n) is 5.28. The minimum Gasteiger partial charge on any atom is -0.355 e. The van der Waals surface area contributed by atoms with Gasteiger partial charge in [0, 0.05) is 43.6 Å². The minimum absolute atomic E-state index is 0.204. The SMILES string of the molecule is Cc1nc(CN2[C@@H]3CC[C@H]2[C@@](CCC(C)C)(C(=O)NCCc2cnccn2)C3)n[nH]1. The molecule has 2 bridgehead atoms. The first-order valence-corrected chi connectivity index (χ1v) is 11.1. The number of carbonyl (C=O) groups is 1. The second-order valence-electron chi connectivity index (χ2n) is 9.25. The summed E-state index contributed by atoms with van der Waals surface area (Å²) in [6, 6.07) is 0.697. The van der Waals surface area contributed by atoms with Crippen molar-refractivity contribution in [3.63, 3.8) is 0 Å². The van der Waals surface area contributed by atoms with E-state index in [9.17, 15) is 4.79 Å². The van der Waals surface area contributed by atoms with Crippen LogP contribution < -0.4 is 5.32 Å². The zero-order valence-electron chi connectivity index (χ0n) is 18.3. The number of aryl methyl sites for hydroxylation is 1. The lowest BCUT2D eigenvalue weighted by Crippen LogP contribution is -2.49. The van der Waals surface area contributed by atoms with Crippen molar-refractivity contribution in [2.45, 2.75) is 77.9 Å². The first-order chi connectivity index (χ1) is 14.5. The van der Waals surface area contributed by atoms with Gasteiger partial charge in [-0.3, -0.25) is 24.8 Å². The molecule has 0 saturated carbocycles. The Morgan fingerprint density at radius 1 is 1.37 bits per heavy atom. The molecule has 2 aromatic heterocycles. The number of fused-ring (bicyclic) bond motifs is 2. The van der Waals surface area contributed by atoms with E-state index in [1.807, 2.05) is 6.92 Å². The van der Waals surface area contributed by atoms with Gasteiger partial charge < -0.3 is 5.32 Å². The van der Waals surface area contributed by atoms with Crippen LogP contribution in [0, 0.1) is 18.3 Å². The molecule has 0 aliphatic carbocycles. The molecule has 0 unspecified atom stereocenters. The monoisotopic (exact) mass is 411 g/mol. The first-order valence-electron chi connectivity index (χ1n) is 11.1. The summed E-state index contributed by atoms with van der Waals surface area (Å²) in [6.45, 7) is 7.71. The van der Waals surface area contributed by atoms with Gasteiger partial charge in [0.2, 0.25) is 5.91 Å². The van der Waals surface area contributed by atoms with Crippen molar-refractivity contribution in [1.82, 2.24) is 35.4 Å². The van der Waals surface area contributed by atoms with Gasteiger partial charge in [0.1, 0.15) is 5.82 Å². The van der Waals surface area contributed by atoms with Crippen molar-refractivity contribution in [3.05, 3.63) is 35.9 Å². The molecule has 4 heterocycles. The zero-order valence-corrected chi connectivity index (χ0v) is 18.3. The molecule has 0 spiro atoms. The third-order valence-electron chi connectivity index (χ3n) is 6.75. The normalized spacial score (nSPS) is 25.9. The molecule has 4 rings (SSSR count). The van der Waals surface area contributed by atoms with Gasteiger partial charge in [-0.2, -0.15) is 5.10 Å². The van der Waals surface area contributed by atoms with Gasteiger partial charge in [0.05, 0.1) is 17.7 Å². The minimum atomic E-state index is -0.319. The van der Waals surface area contributed by atoms with Crippen molar-refractivity contribution in [3.8, 4) is 0 Å². The highest BCUT2D eigenvalue weighted by molar-refractivity contribution is 5.84. The molecule has 1 amide bonds. The molecule has 2 aliphatic heterocycles. The highest BCUT2D eigenvalue weighted by Gasteiger charge is 2.59. The number of aromatic nitrogens is 5. The maximum atomic E-state index is 13.6. The summed E-state index contributed by atoms with van der Waals surface area (Å²) in [5, 5.41) is 10.5. The predicted octanol–water partition coefficient (Wildman–Crippen LogP) is 2.42. The van der Waals surface area contributed by atoms with Gasteiger partial charge in [-0.15, -0.1) is 0 Å². The van der Waals surface area contributed by atoms with Crippen LogP contribution in [0.3, 0.4) is 0 Å². The summed E-state index contributed by atoms with van der Waals surface area (Å²) in [4.78, 5) is 29.0. The number of carbonyl (C=O) groups excluding carboxylic acids is 1. The number of nitrogens with one attached hydrogen (secondary N) is 2. The second-order valence-corrected chi connectivity index (χ2v) is 9.25. The molecule has 3 atom stereocenters. The molecule has 2 fully saturated rings. The van der Waals surface area contributed by atoms with Gasteiger partial charge in [-0.05, 0) is 44.9 Å². The summed E-state index contributed by atoms with van der Waals surface area (Å²) >= 11 is 0. The van der Waals surface area contributed by atoms with Crippen LogP contribution in [0.25, 0.3) is 0 Å².